The molecular formula is C25H24F2N4O2. The molecule has 1 aliphatic rings. The number of nitrogens with one attached hydrogen (secondary N) is 1. The fourth-order valence-electron chi connectivity index (χ4n) is 4.15. The molecule has 6 nitrogen and oxygen atoms in total. The van der Waals surface area contributed by atoms with Crippen molar-refractivity contribution >= 4 is 17.5 Å². The molecule has 1 aliphatic heterocycles. The van der Waals surface area contributed by atoms with E-state index in [1.807, 2.05) is 0 Å². The topological polar surface area (TPSA) is 88.3 Å². The Morgan fingerprint density at radius 2 is 1.73 bits per heavy atom. The lowest BCUT2D eigenvalue weighted by Gasteiger charge is -2.30. The lowest BCUT2D eigenvalue weighted by molar-refractivity contribution is -0.131. The van der Waals surface area contributed by atoms with E-state index in [0.717, 1.165) is 24.1 Å². The Morgan fingerprint density at radius 3 is 2.39 bits per heavy atom. The summed E-state index contributed by atoms with van der Waals surface area (Å²) in [5, 5.41) is 2.79. The molecule has 1 saturated heterocycles. The number of amides is 2. The maximum Gasteiger partial charge on any atom is 0.255 e. The zero-order valence-corrected chi connectivity index (χ0v) is 17.9. The number of halogens is 2. The van der Waals surface area contributed by atoms with Crippen molar-refractivity contribution in [3.63, 3.8) is 0 Å². The van der Waals surface area contributed by atoms with Crippen molar-refractivity contribution in [2.75, 3.05) is 11.9 Å². The van der Waals surface area contributed by atoms with E-state index in [2.05, 4.69) is 10.3 Å². The van der Waals surface area contributed by atoms with Gasteiger partial charge in [0.25, 0.3) is 5.91 Å². The minimum atomic E-state index is -0.732. The average molecular weight is 450 g/mol. The summed E-state index contributed by atoms with van der Waals surface area (Å²) < 4.78 is 28.0. The van der Waals surface area contributed by atoms with Crippen molar-refractivity contribution in [2.24, 2.45) is 5.73 Å². The minimum Gasteiger partial charge on any atom is -0.338 e. The van der Waals surface area contributed by atoms with Crippen LogP contribution in [0.15, 0.2) is 67.0 Å². The number of benzene rings is 2. The molecule has 0 aliphatic carbocycles. The highest BCUT2D eigenvalue weighted by atomic mass is 19.1. The minimum absolute atomic E-state index is 0.230. The first-order valence-electron chi connectivity index (χ1n) is 10.7. The van der Waals surface area contributed by atoms with Gasteiger partial charge in [0.1, 0.15) is 11.6 Å². The van der Waals surface area contributed by atoms with Crippen LogP contribution >= 0.6 is 0 Å². The second-order valence-corrected chi connectivity index (χ2v) is 8.01. The number of hydrogen-bond acceptors (Lipinski definition) is 4. The first kappa shape index (κ1) is 22.5. The van der Waals surface area contributed by atoms with E-state index in [4.69, 9.17) is 5.73 Å². The number of pyridine rings is 1. The molecule has 2 unspecified atom stereocenters. The Morgan fingerprint density at radius 1 is 1.06 bits per heavy atom. The van der Waals surface area contributed by atoms with Crippen LogP contribution in [0.2, 0.25) is 0 Å². The molecule has 33 heavy (non-hydrogen) atoms. The van der Waals surface area contributed by atoms with E-state index >= 15 is 0 Å². The standard InChI is InChI=1S/C25H24F2N4O2/c26-20-3-1-4-21(27)19(20)15-23(32)31-14-2-5-22(31)24(28)16-6-8-17(9-7-16)25(33)30-18-10-12-29-13-11-18/h1,3-4,6-13,22,24H,2,5,14-15,28H2,(H,29,30,33). The van der Waals surface area contributed by atoms with Crippen molar-refractivity contribution in [1.29, 1.82) is 0 Å². The van der Waals surface area contributed by atoms with Gasteiger partial charge in [-0.05, 0) is 54.8 Å². The largest absolute Gasteiger partial charge is 0.338 e. The van der Waals surface area contributed by atoms with E-state index in [1.54, 1.807) is 53.7 Å². The van der Waals surface area contributed by atoms with Crippen molar-refractivity contribution in [3.05, 3.63) is 95.3 Å². The number of carbonyl (C=O) groups excluding carboxylic acids is 2. The Kier molecular flexibility index (Phi) is 6.74. The van der Waals surface area contributed by atoms with Gasteiger partial charge < -0.3 is 16.0 Å². The van der Waals surface area contributed by atoms with Crippen LogP contribution in [0.5, 0.6) is 0 Å². The molecule has 1 fully saturated rings. The van der Waals surface area contributed by atoms with Crippen LogP contribution in [0.1, 0.15) is 40.4 Å². The van der Waals surface area contributed by atoms with Gasteiger partial charge >= 0.3 is 0 Å². The van der Waals surface area contributed by atoms with E-state index in [0.29, 0.717) is 24.2 Å². The molecule has 3 N–H and O–H groups in total. The van der Waals surface area contributed by atoms with Gasteiger partial charge in [-0.2, -0.15) is 0 Å². The van der Waals surface area contributed by atoms with Crippen LogP contribution in [0, 0.1) is 11.6 Å². The predicted octanol–water partition coefficient (Wildman–Crippen LogP) is 3.85. The molecule has 2 heterocycles. The second-order valence-electron chi connectivity index (χ2n) is 8.01. The monoisotopic (exact) mass is 450 g/mol. The molecule has 8 heteroatoms. The molecule has 0 saturated carbocycles. The molecule has 2 amide bonds. The number of hydrogen-bond donors (Lipinski definition) is 2. The quantitative estimate of drug-likeness (QED) is 0.597. The molecular weight excluding hydrogens is 426 g/mol. The van der Waals surface area contributed by atoms with Crippen molar-refractivity contribution < 1.29 is 18.4 Å². The van der Waals surface area contributed by atoms with E-state index in [1.165, 1.54) is 6.07 Å². The van der Waals surface area contributed by atoms with Gasteiger partial charge in [0.15, 0.2) is 0 Å². The molecule has 1 aromatic heterocycles. The predicted molar refractivity (Wildman–Crippen MR) is 120 cm³/mol. The number of anilines is 1. The normalized spacial score (nSPS) is 16.5. The van der Waals surface area contributed by atoms with Crippen LogP contribution in [0.25, 0.3) is 0 Å². The van der Waals surface area contributed by atoms with Gasteiger partial charge in [0, 0.05) is 35.8 Å². The third-order valence-corrected chi connectivity index (χ3v) is 5.92. The van der Waals surface area contributed by atoms with Crippen LogP contribution in [-0.4, -0.2) is 34.3 Å². The van der Waals surface area contributed by atoms with E-state index in [9.17, 15) is 18.4 Å². The first-order valence-corrected chi connectivity index (χ1v) is 10.7. The fourth-order valence-corrected chi connectivity index (χ4v) is 4.15. The zero-order chi connectivity index (χ0) is 23.4. The van der Waals surface area contributed by atoms with E-state index < -0.39 is 17.7 Å². The molecule has 2 aromatic carbocycles. The number of aromatic nitrogens is 1. The van der Waals surface area contributed by atoms with E-state index in [-0.39, 0.29) is 29.8 Å². The van der Waals surface area contributed by atoms with Gasteiger partial charge in [-0.3, -0.25) is 14.6 Å². The number of likely N-dealkylation sites (tertiary alicyclic amines) is 1. The van der Waals surface area contributed by atoms with Crippen molar-refractivity contribution in [2.45, 2.75) is 31.3 Å². The zero-order valence-electron chi connectivity index (χ0n) is 17.9. The van der Waals surface area contributed by atoms with Gasteiger partial charge in [-0.25, -0.2) is 8.78 Å². The summed E-state index contributed by atoms with van der Waals surface area (Å²) in [5.74, 6) is -2.08. The molecule has 3 aromatic rings. The lowest BCUT2D eigenvalue weighted by atomic mass is 9.96. The number of carbonyl (C=O) groups is 2. The summed E-state index contributed by atoms with van der Waals surface area (Å²) in [6.07, 6.45) is 4.28. The second kappa shape index (κ2) is 9.87. The summed E-state index contributed by atoms with van der Waals surface area (Å²) in [7, 11) is 0. The highest BCUT2D eigenvalue weighted by molar-refractivity contribution is 6.04. The van der Waals surface area contributed by atoms with Gasteiger partial charge in [-0.1, -0.05) is 18.2 Å². The molecule has 170 valence electrons. The Labute approximate surface area is 190 Å². The maximum atomic E-state index is 14.0. The number of nitrogens with zero attached hydrogens (tertiary/aromatic N) is 2. The summed E-state index contributed by atoms with van der Waals surface area (Å²) >= 11 is 0. The Balaban J connectivity index is 1.44. The molecule has 2 atom stereocenters. The molecule has 0 radical (unpaired) electrons. The Bertz CT molecular complexity index is 1120. The highest BCUT2D eigenvalue weighted by Gasteiger charge is 2.34. The summed E-state index contributed by atoms with van der Waals surface area (Å²) in [4.78, 5) is 30.8. The van der Waals surface area contributed by atoms with Gasteiger partial charge in [0.05, 0.1) is 18.5 Å². The van der Waals surface area contributed by atoms with Crippen molar-refractivity contribution in [1.82, 2.24) is 9.88 Å². The Hall–Kier alpha value is -3.65. The number of nitrogens with two attached hydrogens (primary N) is 1. The summed E-state index contributed by atoms with van der Waals surface area (Å²) in [6.45, 7) is 0.486. The maximum absolute atomic E-state index is 14.0. The smallest absolute Gasteiger partial charge is 0.255 e. The lowest BCUT2D eigenvalue weighted by Crippen LogP contribution is -2.43. The van der Waals surface area contributed by atoms with Crippen LogP contribution in [0.4, 0.5) is 14.5 Å². The molecule has 0 bridgehead atoms. The third kappa shape index (κ3) is 5.06. The first-order chi connectivity index (χ1) is 15.9. The van der Waals surface area contributed by atoms with Crippen molar-refractivity contribution in [3.8, 4) is 0 Å². The fraction of sp³-hybridized carbons (Fsp3) is 0.240. The third-order valence-electron chi connectivity index (χ3n) is 5.92. The highest BCUT2D eigenvalue weighted by Crippen LogP contribution is 2.29. The SMILES string of the molecule is NC(c1ccc(C(=O)Nc2ccncc2)cc1)C1CCCN1C(=O)Cc1c(F)cccc1F. The van der Waals surface area contributed by atoms with Gasteiger partial charge in [-0.15, -0.1) is 0 Å². The van der Waals surface area contributed by atoms with Crippen LogP contribution < -0.4 is 11.1 Å². The molecule has 4 rings (SSSR count). The van der Waals surface area contributed by atoms with Crippen LogP contribution in [0.3, 0.4) is 0 Å². The summed E-state index contributed by atoms with van der Waals surface area (Å²) in [5.41, 5.74) is 8.14. The van der Waals surface area contributed by atoms with Crippen LogP contribution in [-0.2, 0) is 11.2 Å². The number of rotatable bonds is 6. The van der Waals surface area contributed by atoms with Gasteiger partial charge in [0.2, 0.25) is 5.91 Å². The average Bonchev–Trinajstić information content (AvgIpc) is 3.32. The summed E-state index contributed by atoms with van der Waals surface area (Å²) in [6, 6.07) is 13.1. The molecule has 0 spiro atoms.